The van der Waals surface area contributed by atoms with E-state index in [1.54, 1.807) is 0 Å². The van der Waals surface area contributed by atoms with E-state index in [4.69, 9.17) is 10.5 Å². The predicted molar refractivity (Wildman–Crippen MR) is 72.3 cm³/mol. The van der Waals surface area contributed by atoms with E-state index in [-0.39, 0.29) is 0 Å². The SMILES string of the molecule is Cc1cccc(OCCC2CCCCC2)c1N. The van der Waals surface area contributed by atoms with Crippen LogP contribution in [0.4, 0.5) is 5.69 Å². The van der Waals surface area contributed by atoms with Crippen LogP contribution in [0.25, 0.3) is 0 Å². The molecule has 0 spiro atoms. The Morgan fingerprint density at radius 1 is 1.24 bits per heavy atom. The summed E-state index contributed by atoms with van der Waals surface area (Å²) in [6, 6.07) is 5.98. The van der Waals surface area contributed by atoms with Crippen molar-refractivity contribution in [3.05, 3.63) is 23.8 Å². The van der Waals surface area contributed by atoms with Crippen LogP contribution in [-0.4, -0.2) is 6.61 Å². The van der Waals surface area contributed by atoms with Gasteiger partial charge < -0.3 is 10.5 Å². The van der Waals surface area contributed by atoms with Crippen LogP contribution in [0.5, 0.6) is 5.75 Å². The quantitative estimate of drug-likeness (QED) is 0.800. The van der Waals surface area contributed by atoms with E-state index in [2.05, 4.69) is 0 Å². The lowest BCUT2D eigenvalue weighted by Crippen LogP contribution is -2.11. The molecule has 17 heavy (non-hydrogen) atoms. The summed E-state index contributed by atoms with van der Waals surface area (Å²) in [7, 11) is 0. The second-order valence-electron chi connectivity index (χ2n) is 5.13. The summed E-state index contributed by atoms with van der Waals surface area (Å²) in [4.78, 5) is 0. The fourth-order valence-corrected chi connectivity index (χ4v) is 2.59. The third-order valence-electron chi connectivity index (χ3n) is 3.79. The Morgan fingerprint density at radius 3 is 2.76 bits per heavy atom. The van der Waals surface area contributed by atoms with Crippen LogP contribution in [0.3, 0.4) is 0 Å². The van der Waals surface area contributed by atoms with Gasteiger partial charge in [0, 0.05) is 0 Å². The Morgan fingerprint density at radius 2 is 2.00 bits per heavy atom. The number of benzene rings is 1. The standard InChI is InChI=1S/C15H23NO/c1-12-6-5-9-14(15(12)16)17-11-10-13-7-3-2-4-8-13/h5-6,9,13H,2-4,7-8,10-11,16H2,1H3. The summed E-state index contributed by atoms with van der Waals surface area (Å²) in [6.07, 6.45) is 8.16. The zero-order chi connectivity index (χ0) is 12.1. The molecule has 0 atom stereocenters. The number of aryl methyl sites for hydroxylation is 1. The molecular formula is C15H23NO. The van der Waals surface area contributed by atoms with Crippen LogP contribution in [-0.2, 0) is 0 Å². The second-order valence-corrected chi connectivity index (χ2v) is 5.13. The van der Waals surface area contributed by atoms with Gasteiger partial charge in [-0.3, -0.25) is 0 Å². The fraction of sp³-hybridized carbons (Fsp3) is 0.600. The summed E-state index contributed by atoms with van der Waals surface area (Å²) >= 11 is 0. The minimum Gasteiger partial charge on any atom is -0.491 e. The third kappa shape index (κ3) is 3.39. The number of hydrogen-bond donors (Lipinski definition) is 1. The van der Waals surface area contributed by atoms with Gasteiger partial charge >= 0.3 is 0 Å². The predicted octanol–water partition coefficient (Wildman–Crippen LogP) is 3.93. The van der Waals surface area contributed by atoms with Gasteiger partial charge in [-0.2, -0.15) is 0 Å². The number of anilines is 1. The van der Waals surface area contributed by atoms with Gasteiger partial charge in [0.2, 0.25) is 0 Å². The lowest BCUT2D eigenvalue weighted by Gasteiger charge is -2.21. The average Bonchev–Trinajstić information content (AvgIpc) is 2.36. The van der Waals surface area contributed by atoms with Crippen LogP contribution in [0.1, 0.15) is 44.1 Å². The lowest BCUT2D eigenvalue weighted by atomic mass is 9.87. The van der Waals surface area contributed by atoms with Gasteiger partial charge in [-0.15, -0.1) is 0 Å². The van der Waals surface area contributed by atoms with Gasteiger partial charge in [0.05, 0.1) is 12.3 Å². The first-order valence-corrected chi connectivity index (χ1v) is 6.75. The number of ether oxygens (including phenoxy) is 1. The maximum Gasteiger partial charge on any atom is 0.142 e. The Bertz CT molecular complexity index is 356. The molecule has 0 amide bonds. The highest BCUT2D eigenvalue weighted by atomic mass is 16.5. The van der Waals surface area contributed by atoms with Gasteiger partial charge in [0.1, 0.15) is 5.75 Å². The van der Waals surface area contributed by atoms with Crippen LogP contribution >= 0.6 is 0 Å². The molecule has 0 radical (unpaired) electrons. The molecule has 0 aliphatic heterocycles. The summed E-state index contributed by atoms with van der Waals surface area (Å²) in [6.45, 7) is 2.82. The molecule has 0 saturated heterocycles. The van der Waals surface area contributed by atoms with Gasteiger partial charge in [-0.1, -0.05) is 44.2 Å². The van der Waals surface area contributed by atoms with E-state index < -0.39 is 0 Å². The minimum absolute atomic E-state index is 0.788. The summed E-state index contributed by atoms with van der Waals surface area (Å²) in [5.41, 5.74) is 7.86. The minimum atomic E-state index is 0.788. The zero-order valence-electron chi connectivity index (χ0n) is 10.7. The maximum atomic E-state index is 5.98. The maximum absolute atomic E-state index is 5.98. The van der Waals surface area contributed by atoms with Crippen molar-refractivity contribution in [3.63, 3.8) is 0 Å². The molecule has 1 fully saturated rings. The van der Waals surface area contributed by atoms with Gasteiger partial charge in [-0.05, 0) is 30.9 Å². The Balaban J connectivity index is 1.79. The highest BCUT2D eigenvalue weighted by molar-refractivity contribution is 5.57. The van der Waals surface area contributed by atoms with Crippen LogP contribution in [0.2, 0.25) is 0 Å². The molecule has 0 aromatic heterocycles. The first-order chi connectivity index (χ1) is 8.27. The molecule has 1 aliphatic rings. The fourth-order valence-electron chi connectivity index (χ4n) is 2.59. The number of nitrogen functional groups attached to an aromatic ring is 1. The van der Waals surface area contributed by atoms with Gasteiger partial charge in [0.25, 0.3) is 0 Å². The largest absolute Gasteiger partial charge is 0.491 e. The first kappa shape index (κ1) is 12.3. The molecule has 1 saturated carbocycles. The molecule has 2 N–H and O–H groups in total. The zero-order valence-corrected chi connectivity index (χ0v) is 10.7. The molecule has 1 aliphatic carbocycles. The van der Waals surface area contributed by atoms with E-state index in [1.807, 2.05) is 25.1 Å². The van der Waals surface area contributed by atoms with Crippen molar-refractivity contribution in [2.24, 2.45) is 5.92 Å². The van der Waals surface area contributed by atoms with Crippen molar-refractivity contribution in [3.8, 4) is 5.75 Å². The van der Waals surface area contributed by atoms with Crippen molar-refractivity contribution < 1.29 is 4.74 Å². The molecule has 1 aromatic rings. The van der Waals surface area contributed by atoms with E-state index in [0.29, 0.717) is 0 Å². The van der Waals surface area contributed by atoms with Crippen molar-refractivity contribution in [1.82, 2.24) is 0 Å². The van der Waals surface area contributed by atoms with Crippen molar-refractivity contribution >= 4 is 5.69 Å². The van der Waals surface area contributed by atoms with Crippen LogP contribution in [0.15, 0.2) is 18.2 Å². The van der Waals surface area contributed by atoms with Crippen molar-refractivity contribution in [1.29, 1.82) is 0 Å². The molecular weight excluding hydrogens is 210 g/mol. The normalized spacial score (nSPS) is 17.0. The Labute approximate surface area is 104 Å². The second kappa shape index (κ2) is 5.95. The third-order valence-corrected chi connectivity index (χ3v) is 3.79. The number of para-hydroxylation sites is 1. The van der Waals surface area contributed by atoms with Crippen molar-refractivity contribution in [2.75, 3.05) is 12.3 Å². The molecule has 2 heteroatoms. The molecule has 0 bridgehead atoms. The van der Waals surface area contributed by atoms with Gasteiger partial charge in [0.15, 0.2) is 0 Å². The monoisotopic (exact) mass is 233 g/mol. The highest BCUT2D eigenvalue weighted by Gasteiger charge is 2.13. The van der Waals surface area contributed by atoms with Crippen molar-refractivity contribution in [2.45, 2.75) is 45.4 Å². The summed E-state index contributed by atoms with van der Waals surface area (Å²) in [5, 5.41) is 0. The number of rotatable bonds is 4. The van der Waals surface area contributed by atoms with Crippen LogP contribution < -0.4 is 10.5 Å². The molecule has 2 rings (SSSR count). The average molecular weight is 233 g/mol. The number of nitrogens with two attached hydrogens (primary N) is 1. The van der Waals surface area contributed by atoms with Crippen LogP contribution in [0, 0.1) is 12.8 Å². The van der Waals surface area contributed by atoms with E-state index >= 15 is 0 Å². The summed E-state index contributed by atoms with van der Waals surface area (Å²) in [5.74, 6) is 1.72. The Kier molecular flexibility index (Phi) is 4.29. The lowest BCUT2D eigenvalue weighted by molar-refractivity contribution is 0.247. The number of hydrogen-bond acceptors (Lipinski definition) is 2. The molecule has 0 unspecified atom stereocenters. The summed E-state index contributed by atoms with van der Waals surface area (Å²) < 4.78 is 5.80. The Hall–Kier alpha value is -1.18. The highest BCUT2D eigenvalue weighted by Crippen LogP contribution is 2.28. The van der Waals surface area contributed by atoms with Gasteiger partial charge in [-0.25, -0.2) is 0 Å². The smallest absolute Gasteiger partial charge is 0.142 e. The molecule has 94 valence electrons. The molecule has 0 heterocycles. The van der Waals surface area contributed by atoms with E-state index in [0.717, 1.165) is 29.5 Å². The molecule has 2 nitrogen and oxygen atoms in total. The van der Waals surface area contributed by atoms with E-state index in [9.17, 15) is 0 Å². The first-order valence-electron chi connectivity index (χ1n) is 6.75. The topological polar surface area (TPSA) is 35.2 Å². The molecule has 1 aromatic carbocycles. The van der Waals surface area contributed by atoms with E-state index in [1.165, 1.54) is 38.5 Å².